The zero-order valence-electron chi connectivity index (χ0n) is 20.1. The van der Waals surface area contributed by atoms with Crippen LogP contribution in [0.4, 0.5) is 10.6 Å². The quantitative estimate of drug-likeness (QED) is 0.706. The molecule has 2 amide bonds. The Hall–Kier alpha value is -2.64. The first-order valence-electron chi connectivity index (χ1n) is 12.0. The van der Waals surface area contributed by atoms with Gasteiger partial charge in [0.2, 0.25) is 0 Å². The maximum absolute atomic E-state index is 12.7. The molecule has 178 valence electrons. The van der Waals surface area contributed by atoms with Gasteiger partial charge in [-0.2, -0.15) is 0 Å². The summed E-state index contributed by atoms with van der Waals surface area (Å²) in [6.07, 6.45) is 2.91. The maximum atomic E-state index is 12.7. The molecule has 0 spiro atoms. The second-order valence-corrected chi connectivity index (χ2v) is 10.1. The first kappa shape index (κ1) is 23.5. The lowest BCUT2D eigenvalue weighted by molar-refractivity contribution is 0.122. The molecule has 0 bridgehead atoms. The van der Waals surface area contributed by atoms with E-state index in [2.05, 4.69) is 70.5 Å². The standard InChI is InChI=1S/C26H37N5O2/c1-26(2,3)23(19-30-11-10-21-6-4-5-7-22(21)18-30)29-25(32)28-17-20-8-9-24(27-16-20)31-12-14-33-15-13-31/h4-9,16,23H,10-15,17-19H2,1-3H3,(H2,28,29,32)/t23-/m1/s1. The van der Waals surface area contributed by atoms with E-state index in [1.165, 1.54) is 11.1 Å². The number of hydrogen-bond donors (Lipinski definition) is 2. The molecule has 0 unspecified atom stereocenters. The Morgan fingerprint density at radius 3 is 2.55 bits per heavy atom. The number of carbonyl (C=O) groups is 1. The number of fused-ring (bicyclic) bond motifs is 1. The van der Waals surface area contributed by atoms with Gasteiger partial charge in [-0.1, -0.05) is 51.1 Å². The minimum absolute atomic E-state index is 0.0459. The fraction of sp³-hybridized carbons (Fsp3) is 0.538. The normalized spacial score (nSPS) is 17.8. The van der Waals surface area contributed by atoms with E-state index in [4.69, 9.17) is 4.74 Å². The lowest BCUT2D eigenvalue weighted by Crippen LogP contribution is -2.53. The van der Waals surface area contributed by atoms with Crippen molar-refractivity contribution in [1.29, 1.82) is 0 Å². The van der Waals surface area contributed by atoms with Gasteiger partial charge in [0.1, 0.15) is 5.82 Å². The summed E-state index contributed by atoms with van der Waals surface area (Å²) in [6, 6.07) is 12.6. The van der Waals surface area contributed by atoms with Gasteiger partial charge in [0.15, 0.2) is 0 Å². The van der Waals surface area contributed by atoms with Crippen LogP contribution in [-0.2, 0) is 24.2 Å². The van der Waals surface area contributed by atoms with E-state index in [1.807, 2.05) is 18.3 Å². The van der Waals surface area contributed by atoms with Gasteiger partial charge in [-0.25, -0.2) is 9.78 Å². The molecule has 33 heavy (non-hydrogen) atoms. The molecule has 7 nitrogen and oxygen atoms in total. The van der Waals surface area contributed by atoms with Crippen LogP contribution in [0.5, 0.6) is 0 Å². The van der Waals surface area contributed by atoms with Crippen molar-refractivity contribution in [2.24, 2.45) is 5.41 Å². The number of benzene rings is 1. The number of nitrogens with zero attached hydrogens (tertiary/aromatic N) is 3. The monoisotopic (exact) mass is 451 g/mol. The highest BCUT2D eigenvalue weighted by molar-refractivity contribution is 5.74. The summed E-state index contributed by atoms with van der Waals surface area (Å²) in [7, 11) is 0. The predicted molar refractivity (Wildman–Crippen MR) is 131 cm³/mol. The van der Waals surface area contributed by atoms with Crippen LogP contribution in [0.15, 0.2) is 42.6 Å². The number of amides is 2. The minimum Gasteiger partial charge on any atom is -0.378 e. The first-order chi connectivity index (χ1) is 15.9. The van der Waals surface area contributed by atoms with Crippen molar-refractivity contribution in [1.82, 2.24) is 20.5 Å². The lowest BCUT2D eigenvalue weighted by Gasteiger charge is -2.37. The summed E-state index contributed by atoms with van der Waals surface area (Å²) in [5.41, 5.74) is 3.78. The van der Waals surface area contributed by atoms with Crippen molar-refractivity contribution in [3.05, 3.63) is 59.3 Å². The van der Waals surface area contributed by atoms with Gasteiger partial charge in [-0.05, 0) is 34.6 Å². The van der Waals surface area contributed by atoms with Crippen LogP contribution in [-0.4, -0.2) is 61.3 Å². The third kappa shape index (κ3) is 6.45. The molecule has 1 atom stereocenters. The minimum atomic E-state index is -0.135. The molecule has 2 N–H and O–H groups in total. The Bertz CT molecular complexity index is 919. The maximum Gasteiger partial charge on any atom is 0.315 e. The molecule has 2 aliphatic heterocycles. The molecule has 4 rings (SSSR count). The summed E-state index contributed by atoms with van der Waals surface area (Å²) in [5.74, 6) is 0.961. The molecular weight excluding hydrogens is 414 g/mol. The summed E-state index contributed by atoms with van der Waals surface area (Å²) in [6.45, 7) is 13.0. The van der Waals surface area contributed by atoms with Gasteiger partial charge >= 0.3 is 6.03 Å². The predicted octanol–water partition coefficient (Wildman–Crippen LogP) is 3.19. The average molecular weight is 452 g/mol. The van der Waals surface area contributed by atoms with Crippen molar-refractivity contribution in [2.75, 3.05) is 44.3 Å². The highest BCUT2D eigenvalue weighted by atomic mass is 16.5. The van der Waals surface area contributed by atoms with Crippen molar-refractivity contribution in [3.8, 4) is 0 Å². The molecule has 3 heterocycles. The first-order valence-corrected chi connectivity index (χ1v) is 12.0. The zero-order chi connectivity index (χ0) is 23.3. The SMILES string of the molecule is CC(C)(C)[C@@H](CN1CCc2ccccc2C1)NC(=O)NCc1ccc(N2CCOCC2)nc1. The Morgan fingerprint density at radius 1 is 1.09 bits per heavy atom. The van der Waals surface area contributed by atoms with Crippen molar-refractivity contribution in [3.63, 3.8) is 0 Å². The average Bonchev–Trinajstić information content (AvgIpc) is 2.82. The number of aromatic nitrogens is 1. The van der Waals surface area contributed by atoms with Gasteiger partial charge < -0.3 is 20.3 Å². The van der Waals surface area contributed by atoms with Gasteiger partial charge in [0, 0.05) is 51.5 Å². The largest absolute Gasteiger partial charge is 0.378 e. The van der Waals surface area contributed by atoms with E-state index in [0.717, 1.165) is 63.7 Å². The van der Waals surface area contributed by atoms with Crippen LogP contribution in [0.1, 0.15) is 37.5 Å². The number of morpholine rings is 1. The molecule has 0 radical (unpaired) electrons. The number of rotatable bonds is 6. The smallest absolute Gasteiger partial charge is 0.315 e. The molecule has 2 aromatic rings. The topological polar surface area (TPSA) is 69.7 Å². The zero-order valence-corrected chi connectivity index (χ0v) is 20.1. The molecule has 1 saturated heterocycles. The Balaban J connectivity index is 1.29. The van der Waals surface area contributed by atoms with Crippen LogP contribution in [0.25, 0.3) is 0 Å². The number of pyridine rings is 1. The highest BCUT2D eigenvalue weighted by Crippen LogP contribution is 2.24. The molecule has 1 aromatic carbocycles. The second kappa shape index (κ2) is 10.5. The summed E-state index contributed by atoms with van der Waals surface area (Å²) < 4.78 is 5.40. The number of ether oxygens (including phenoxy) is 1. The molecule has 1 fully saturated rings. The number of anilines is 1. The molecule has 2 aliphatic rings. The molecule has 0 saturated carbocycles. The van der Waals surface area contributed by atoms with E-state index in [1.54, 1.807) is 0 Å². The Kier molecular flexibility index (Phi) is 7.50. The van der Waals surface area contributed by atoms with Crippen LogP contribution >= 0.6 is 0 Å². The third-order valence-corrected chi connectivity index (χ3v) is 6.60. The van der Waals surface area contributed by atoms with Crippen LogP contribution in [0.2, 0.25) is 0 Å². The van der Waals surface area contributed by atoms with Crippen molar-refractivity contribution in [2.45, 2.75) is 46.3 Å². The summed E-state index contributed by atoms with van der Waals surface area (Å²) in [5, 5.41) is 6.24. The Labute approximate surface area is 197 Å². The molecule has 1 aromatic heterocycles. The molecule has 7 heteroatoms. The fourth-order valence-corrected chi connectivity index (χ4v) is 4.40. The Morgan fingerprint density at radius 2 is 1.85 bits per heavy atom. The molecular formula is C26H37N5O2. The number of carbonyl (C=O) groups excluding carboxylic acids is 1. The second-order valence-electron chi connectivity index (χ2n) is 10.1. The number of nitrogens with one attached hydrogen (secondary N) is 2. The van der Waals surface area contributed by atoms with Crippen LogP contribution < -0.4 is 15.5 Å². The molecule has 0 aliphatic carbocycles. The van der Waals surface area contributed by atoms with Crippen molar-refractivity contribution >= 4 is 11.8 Å². The van der Waals surface area contributed by atoms with Crippen molar-refractivity contribution < 1.29 is 9.53 Å². The number of hydrogen-bond acceptors (Lipinski definition) is 5. The van der Waals surface area contributed by atoms with Crippen LogP contribution in [0, 0.1) is 5.41 Å². The number of urea groups is 1. The summed E-state index contributed by atoms with van der Waals surface area (Å²) in [4.78, 5) is 22.0. The fourth-order valence-electron chi connectivity index (χ4n) is 4.40. The van der Waals surface area contributed by atoms with Gasteiger partial charge in [-0.15, -0.1) is 0 Å². The van der Waals surface area contributed by atoms with E-state index in [-0.39, 0.29) is 17.5 Å². The van der Waals surface area contributed by atoms with E-state index >= 15 is 0 Å². The highest BCUT2D eigenvalue weighted by Gasteiger charge is 2.29. The van der Waals surface area contributed by atoms with Gasteiger partial charge in [0.05, 0.1) is 13.2 Å². The van der Waals surface area contributed by atoms with Crippen LogP contribution in [0.3, 0.4) is 0 Å². The van der Waals surface area contributed by atoms with E-state index in [9.17, 15) is 4.79 Å². The van der Waals surface area contributed by atoms with Gasteiger partial charge in [-0.3, -0.25) is 4.90 Å². The lowest BCUT2D eigenvalue weighted by atomic mass is 9.86. The van der Waals surface area contributed by atoms with E-state index < -0.39 is 0 Å². The van der Waals surface area contributed by atoms with Gasteiger partial charge in [0.25, 0.3) is 0 Å². The van der Waals surface area contributed by atoms with E-state index in [0.29, 0.717) is 6.54 Å². The third-order valence-electron chi connectivity index (χ3n) is 6.60. The summed E-state index contributed by atoms with van der Waals surface area (Å²) >= 11 is 0.